The smallest absolute Gasteiger partial charge is 0.164 e. The van der Waals surface area contributed by atoms with Crippen molar-refractivity contribution in [1.29, 1.82) is 5.26 Å². The van der Waals surface area contributed by atoms with Gasteiger partial charge < -0.3 is 9.13 Å². The van der Waals surface area contributed by atoms with Crippen LogP contribution in [0.5, 0.6) is 0 Å². The van der Waals surface area contributed by atoms with E-state index in [-0.39, 0.29) is 0 Å². The van der Waals surface area contributed by atoms with Crippen LogP contribution in [0.4, 0.5) is 0 Å². The van der Waals surface area contributed by atoms with E-state index in [1.54, 1.807) is 0 Å². The summed E-state index contributed by atoms with van der Waals surface area (Å²) in [5.74, 6) is 1.82. The fourth-order valence-electron chi connectivity index (χ4n) is 8.34. The molecule has 0 amide bonds. The zero-order chi connectivity index (χ0) is 38.6. The monoisotopic (exact) mass is 740 g/mol. The number of para-hydroxylation sites is 2. The highest BCUT2D eigenvalue weighted by atomic mass is 15.0. The summed E-state index contributed by atoms with van der Waals surface area (Å²) in [5.41, 5.74) is 12.0. The normalized spacial score (nSPS) is 11.4. The summed E-state index contributed by atoms with van der Waals surface area (Å²) < 4.78 is 4.68. The second-order valence-electron chi connectivity index (χ2n) is 14.4. The first-order chi connectivity index (χ1) is 28.7. The average Bonchev–Trinajstić information content (AvgIpc) is 3.83. The molecule has 6 nitrogen and oxygen atoms in total. The lowest BCUT2D eigenvalue weighted by atomic mass is 10.0. The summed E-state index contributed by atoms with van der Waals surface area (Å²) in [6.45, 7) is 0. The zero-order valence-corrected chi connectivity index (χ0v) is 31.2. The third kappa shape index (κ3) is 5.45. The third-order valence-electron chi connectivity index (χ3n) is 11.0. The number of hydrogen-bond donors (Lipinski definition) is 0. The van der Waals surface area contributed by atoms with Gasteiger partial charge in [-0.25, -0.2) is 15.0 Å². The molecule has 0 bridgehead atoms. The predicted octanol–water partition coefficient (Wildman–Crippen LogP) is 12.6. The Balaban J connectivity index is 1.14. The number of benzene rings is 8. The summed E-state index contributed by atoms with van der Waals surface area (Å²) in [7, 11) is 0. The molecular weight excluding hydrogens is 709 g/mol. The van der Waals surface area contributed by atoms with Crippen molar-refractivity contribution in [3.05, 3.63) is 200 Å². The van der Waals surface area contributed by atoms with Gasteiger partial charge in [0.1, 0.15) is 0 Å². The summed E-state index contributed by atoms with van der Waals surface area (Å²) in [6, 6.07) is 69.1. The van der Waals surface area contributed by atoms with Gasteiger partial charge in [0.2, 0.25) is 0 Å². The van der Waals surface area contributed by atoms with Gasteiger partial charge in [0.25, 0.3) is 0 Å². The molecule has 270 valence electrons. The summed E-state index contributed by atoms with van der Waals surface area (Å²) in [5, 5.41) is 14.2. The van der Waals surface area contributed by atoms with E-state index >= 15 is 0 Å². The Labute approximate surface area is 334 Å². The molecule has 0 N–H and O–H groups in total. The van der Waals surface area contributed by atoms with Crippen LogP contribution in [0.3, 0.4) is 0 Å². The number of rotatable bonds is 6. The Morgan fingerprint density at radius 1 is 0.362 bits per heavy atom. The molecule has 0 atom stereocenters. The Hall–Kier alpha value is -8.14. The number of aromatic nitrogens is 5. The van der Waals surface area contributed by atoms with Gasteiger partial charge in [-0.2, -0.15) is 5.26 Å². The van der Waals surface area contributed by atoms with E-state index in [0.717, 1.165) is 72.0 Å². The van der Waals surface area contributed by atoms with Gasteiger partial charge in [-0.15, -0.1) is 0 Å². The van der Waals surface area contributed by atoms with E-state index in [1.165, 1.54) is 10.8 Å². The van der Waals surface area contributed by atoms with Crippen LogP contribution in [-0.4, -0.2) is 24.1 Å². The van der Waals surface area contributed by atoms with Crippen molar-refractivity contribution >= 4 is 43.6 Å². The molecule has 0 aliphatic rings. The van der Waals surface area contributed by atoms with Crippen LogP contribution in [0.1, 0.15) is 5.56 Å². The molecule has 3 heterocycles. The van der Waals surface area contributed by atoms with Crippen LogP contribution < -0.4 is 0 Å². The van der Waals surface area contributed by atoms with E-state index in [2.05, 4.69) is 149 Å². The highest BCUT2D eigenvalue weighted by molar-refractivity contribution is 6.26. The predicted molar refractivity (Wildman–Crippen MR) is 235 cm³/mol. The summed E-state index contributed by atoms with van der Waals surface area (Å²) in [4.78, 5) is 15.3. The molecule has 6 heteroatoms. The van der Waals surface area contributed by atoms with E-state index in [1.807, 2.05) is 60.7 Å². The Morgan fingerprint density at radius 2 is 0.914 bits per heavy atom. The topological polar surface area (TPSA) is 72.3 Å². The molecule has 58 heavy (non-hydrogen) atoms. The second kappa shape index (κ2) is 13.6. The van der Waals surface area contributed by atoms with Crippen molar-refractivity contribution < 1.29 is 0 Å². The van der Waals surface area contributed by atoms with E-state index in [4.69, 9.17) is 15.0 Å². The average molecular weight is 741 g/mol. The molecule has 11 rings (SSSR count). The summed E-state index contributed by atoms with van der Waals surface area (Å²) >= 11 is 0. The molecule has 0 saturated heterocycles. The van der Waals surface area contributed by atoms with E-state index in [0.29, 0.717) is 23.0 Å². The molecule has 0 unspecified atom stereocenters. The van der Waals surface area contributed by atoms with Gasteiger partial charge in [-0.3, -0.25) is 0 Å². The van der Waals surface area contributed by atoms with E-state index < -0.39 is 0 Å². The minimum Gasteiger partial charge on any atom is -0.309 e. The van der Waals surface area contributed by atoms with Crippen LogP contribution in [0, 0.1) is 11.3 Å². The molecule has 0 spiro atoms. The van der Waals surface area contributed by atoms with Crippen molar-refractivity contribution in [1.82, 2.24) is 24.1 Å². The fraction of sp³-hybridized carbons (Fsp3) is 0. The van der Waals surface area contributed by atoms with Crippen molar-refractivity contribution in [2.45, 2.75) is 0 Å². The standard InChI is InChI=1S/C52H32N6/c53-33-34-25-27-40(28-26-34)57-46-24-10-8-22-44(46)48-47(57)30-29-43-42-21-7-9-23-45(42)58(49(43)48)41-20-12-19-39(32-41)52-55-50(36-15-5-2-6-16-36)54-51(56-52)38-18-11-17-37(31-38)35-13-3-1-4-14-35/h1-32H. The molecule has 0 saturated carbocycles. The quantitative estimate of drug-likeness (QED) is 0.170. The maximum Gasteiger partial charge on any atom is 0.164 e. The number of nitriles is 1. The summed E-state index contributed by atoms with van der Waals surface area (Å²) in [6.07, 6.45) is 0. The molecule has 3 aromatic heterocycles. The minimum atomic E-state index is 0.596. The number of hydrogen-bond acceptors (Lipinski definition) is 4. The van der Waals surface area contributed by atoms with Gasteiger partial charge in [0.15, 0.2) is 17.5 Å². The van der Waals surface area contributed by atoms with Crippen molar-refractivity contribution in [2.24, 2.45) is 0 Å². The lowest BCUT2D eigenvalue weighted by molar-refractivity contribution is 1.07. The second-order valence-corrected chi connectivity index (χ2v) is 14.4. The first-order valence-corrected chi connectivity index (χ1v) is 19.3. The zero-order valence-electron chi connectivity index (χ0n) is 31.2. The van der Waals surface area contributed by atoms with Gasteiger partial charge >= 0.3 is 0 Å². The number of fused-ring (bicyclic) bond motifs is 7. The SMILES string of the molecule is N#Cc1ccc(-n2c3ccccc3c3c2ccc2c4ccccc4n(-c4cccc(-c5nc(-c6ccccc6)nc(-c6cccc(-c7ccccc7)c6)n5)c4)c23)cc1. The first kappa shape index (κ1) is 33.2. The van der Waals surface area contributed by atoms with Gasteiger partial charge in [0.05, 0.1) is 33.7 Å². The van der Waals surface area contributed by atoms with Crippen LogP contribution in [0.15, 0.2) is 194 Å². The van der Waals surface area contributed by atoms with Crippen LogP contribution in [0.25, 0.3) is 100 Å². The maximum absolute atomic E-state index is 9.53. The Kier molecular flexibility index (Phi) is 7.76. The number of nitrogens with zero attached hydrogens (tertiary/aromatic N) is 6. The largest absolute Gasteiger partial charge is 0.309 e. The first-order valence-electron chi connectivity index (χ1n) is 19.3. The van der Waals surface area contributed by atoms with Gasteiger partial charge in [0, 0.05) is 49.6 Å². The van der Waals surface area contributed by atoms with Crippen LogP contribution in [-0.2, 0) is 0 Å². The van der Waals surface area contributed by atoms with Crippen molar-refractivity contribution in [2.75, 3.05) is 0 Å². The highest BCUT2D eigenvalue weighted by Gasteiger charge is 2.21. The van der Waals surface area contributed by atoms with Crippen LogP contribution >= 0.6 is 0 Å². The van der Waals surface area contributed by atoms with E-state index in [9.17, 15) is 5.26 Å². The Bertz CT molecular complexity index is 3390. The lowest BCUT2D eigenvalue weighted by Crippen LogP contribution is -2.01. The van der Waals surface area contributed by atoms with Gasteiger partial charge in [-0.1, -0.05) is 133 Å². The minimum absolute atomic E-state index is 0.596. The molecule has 0 aliphatic heterocycles. The fourth-order valence-corrected chi connectivity index (χ4v) is 8.34. The van der Waals surface area contributed by atoms with Gasteiger partial charge in [-0.05, 0) is 71.8 Å². The molecule has 8 aromatic carbocycles. The lowest BCUT2D eigenvalue weighted by Gasteiger charge is -2.13. The maximum atomic E-state index is 9.53. The van der Waals surface area contributed by atoms with Crippen molar-refractivity contribution in [3.8, 4) is 62.7 Å². The molecule has 11 aromatic rings. The highest BCUT2D eigenvalue weighted by Crippen LogP contribution is 2.42. The molecular formula is C52H32N6. The molecule has 0 aliphatic carbocycles. The Morgan fingerprint density at radius 3 is 1.62 bits per heavy atom. The molecule has 0 radical (unpaired) electrons. The molecule has 0 fully saturated rings. The van der Waals surface area contributed by atoms with Crippen LogP contribution in [0.2, 0.25) is 0 Å². The van der Waals surface area contributed by atoms with Crippen molar-refractivity contribution in [3.63, 3.8) is 0 Å². The third-order valence-corrected chi connectivity index (χ3v) is 11.0.